The van der Waals surface area contributed by atoms with Crippen LogP contribution in [0.2, 0.25) is 0 Å². The number of piperidine rings is 1. The Balaban J connectivity index is 2.12. The first-order valence-electron chi connectivity index (χ1n) is 7.83. The van der Waals surface area contributed by atoms with Crippen LogP contribution < -0.4 is 10.1 Å². The lowest BCUT2D eigenvalue weighted by atomic mass is 10.0. The third-order valence-corrected chi connectivity index (χ3v) is 3.89. The van der Waals surface area contributed by atoms with E-state index in [9.17, 15) is 9.59 Å². The third kappa shape index (κ3) is 3.78. The number of hydrogen-bond acceptors (Lipinski definition) is 3. The second-order valence-corrected chi connectivity index (χ2v) is 5.75. The first-order valence-corrected chi connectivity index (χ1v) is 7.83. The Morgan fingerprint density at radius 1 is 1.45 bits per heavy atom. The van der Waals surface area contributed by atoms with Gasteiger partial charge in [0, 0.05) is 13.5 Å². The molecule has 22 heavy (non-hydrogen) atoms. The van der Waals surface area contributed by atoms with E-state index in [1.54, 1.807) is 11.9 Å². The lowest BCUT2D eigenvalue weighted by Crippen LogP contribution is -2.47. The number of nitrogens with one attached hydrogen (secondary N) is 1. The number of aryl methyl sites for hydroxylation is 1. The number of likely N-dealkylation sites (tertiary alicyclic amines) is 1. The van der Waals surface area contributed by atoms with E-state index in [4.69, 9.17) is 4.74 Å². The fourth-order valence-electron chi connectivity index (χ4n) is 2.58. The molecule has 0 aromatic heterocycles. The normalized spacial score (nSPS) is 18.2. The molecule has 0 spiro atoms. The van der Waals surface area contributed by atoms with E-state index in [0.29, 0.717) is 30.9 Å². The van der Waals surface area contributed by atoms with Crippen molar-refractivity contribution in [1.29, 1.82) is 0 Å². The summed E-state index contributed by atoms with van der Waals surface area (Å²) in [5, 5.41) is 2.91. The topological polar surface area (TPSA) is 58.6 Å². The maximum atomic E-state index is 12.5. The third-order valence-electron chi connectivity index (χ3n) is 3.89. The second kappa shape index (κ2) is 7.29. The maximum absolute atomic E-state index is 12.5. The number of anilines is 1. The highest BCUT2D eigenvalue weighted by molar-refractivity contribution is 5.98. The van der Waals surface area contributed by atoms with E-state index in [1.165, 1.54) is 0 Å². The SMILES string of the molecule is CCCOc1cc(C)ccc1NC(=O)C1CCCC(=O)N1C. The number of carbonyl (C=O) groups excluding carboxylic acids is 2. The van der Waals surface area contributed by atoms with Crippen LogP contribution in [0.5, 0.6) is 5.75 Å². The molecule has 5 heteroatoms. The van der Waals surface area contributed by atoms with Crippen molar-refractivity contribution in [3.05, 3.63) is 23.8 Å². The van der Waals surface area contributed by atoms with Gasteiger partial charge in [-0.05, 0) is 43.9 Å². The first kappa shape index (κ1) is 16.3. The number of benzene rings is 1. The molecule has 1 aliphatic heterocycles. The number of likely N-dealkylation sites (N-methyl/N-ethyl adjacent to an activating group) is 1. The zero-order valence-electron chi connectivity index (χ0n) is 13.5. The summed E-state index contributed by atoms with van der Waals surface area (Å²) < 4.78 is 5.71. The Labute approximate surface area is 131 Å². The fourth-order valence-corrected chi connectivity index (χ4v) is 2.58. The molecule has 1 aromatic rings. The molecule has 2 amide bonds. The summed E-state index contributed by atoms with van der Waals surface area (Å²) in [5.74, 6) is 0.554. The summed E-state index contributed by atoms with van der Waals surface area (Å²) >= 11 is 0. The lowest BCUT2D eigenvalue weighted by Gasteiger charge is -2.31. The molecule has 1 aliphatic rings. The van der Waals surface area contributed by atoms with Crippen LogP contribution in [0.15, 0.2) is 18.2 Å². The van der Waals surface area contributed by atoms with Gasteiger partial charge in [0.1, 0.15) is 11.8 Å². The number of hydrogen-bond donors (Lipinski definition) is 1. The highest BCUT2D eigenvalue weighted by atomic mass is 16.5. The molecule has 0 bridgehead atoms. The van der Waals surface area contributed by atoms with Crippen LogP contribution >= 0.6 is 0 Å². The molecule has 1 aromatic carbocycles. The zero-order valence-corrected chi connectivity index (χ0v) is 13.5. The highest BCUT2D eigenvalue weighted by Crippen LogP contribution is 2.27. The Morgan fingerprint density at radius 3 is 2.95 bits per heavy atom. The van der Waals surface area contributed by atoms with E-state index in [2.05, 4.69) is 5.32 Å². The van der Waals surface area contributed by atoms with Crippen molar-refractivity contribution in [2.24, 2.45) is 0 Å². The van der Waals surface area contributed by atoms with Gasteiger partial charge in [0.25, 0.3) is 0 Å². The van der Waals surface area contributed by atoms with Crippen LogP contribution in [0.25, 0.3) is 0 Å². The summed E-state index contributed by atoms with van der Waals surface area (Å²) in [4.78, 5) is 25.8. The number of rotatable bonds is 5. The largest absolute Gasteiger partial charge is 0.491 e. The van der Waals surface area contributed by atoms with Crippen molar-refractivity contribution in [2.75, 3.05) is 19.0 Å². The van der Waals surface area contributed by atoms with Gasteiger partial charge in [0.05, 0.1) is 12.3 Å². The fraction of sp³-hybridized carbons (Fsp3) is 0.529. The van der Waals surface area contributed by atoms with E-state index < -0.39 is 6.04 Å². The average molecular weight is 304 g/mol. The van der Waals surface area contributed by atoms with Crippen molar-refractivity contribution >= 4 is 17.5 Å². The van der Waals surface area contributed by atoms with Gasteiger partial charge in [-0.15, -0.1) is 0 Å². The first-order chi connectivity index (χ1) is 10.5. The highest BCUT2D eigenvalue weighted by Gasteiger charge is 2.30. The maximum Gasteiger partial charge on any atom is 0.247 e. The van der Waals surface area contributed by atoms with E-state index >= 15 is 0 Å². The molecule has 1 unspecified atom stereocenters. The van der Waals surface area contributed by atoms with Crippen LogP contribution in [-0.2, 0) is 9.59 Å². The van der Waals surface area contributed by atoms with Gasteiger partial charge in [0.15, 0.2) is 0 Å². The van der Waals surface area contributed by atoms with Gasteiger partial charge in [-0.2, -0.15) is 0 Å². The number of carbonyl (C=O) groups is 2. The van der Waals surface area contributed by atoms with E-state index in [1.807, 2.05) is 32.0 Å². The van der Waals surface area contributed by atoms with Gasteiger partial charge in [0.2, 0.25) is 11.8 Å². The predicted octanol–water partition coefficient (Wildman–Crippen LogP) is 2.73. The van der Waals surface area contributed by atoms with Gasteiger partial charge in [-0.1, -0.05) is 13.0 Å². The standard InChI is InChI=1S/C17H24N2O3/c1-4-10-22-15-11-12(2)8-9-13(15)18-17(21)14-6-5-7-16(20)19(14)3/h8-9,11,14H,4-7,10H2,1-3H3,(H,18,21). The van der Waals surface area contributed by atoms with Crippen LogP contribution in [0, 0.1) is 6.92 Å². The summed E-state index contributed by atoms with van der Waals surface area (Å²) in [6.45, 7) is 4.63. The van der Waals surface area contributed by atoms with Crippen LogP contribution in [0.3, 0.4) is 0 Å². The number of ether oxygens (including phenoxy) is 1. The Kier molecular flexibility index (Phi) is 5.41. The number of nitrogens with zero attached hydrogens (tertiary/aromatic N) is 1. The molecule has 0 radical (unpaired) electrons. The molecule has 2 rings (SSSR count). The quantitative estimate of drug-likeness (QED) is 0.910. The van der Waals surface area contributed by atoms with Gasteiger partial charge in [-0.3, -0.25) is 9.59 Å². The van der Waals surface area contributed by atoms with E-state index in [-0.39, 0.29) is 11.8 Å². The molecule has 1 saturated heterocycles. The van der Waals surface area contributed by atoms with Crippen LogP contribution in [0.4, 0.5) is 5.69 Å². The minimum absolute atomic E-state index is 0.0257. The minimum atomic E-state index is -0.401. The molecular formula is C17H24N2O3. The molecule has 120 valence electrons. The smallest absolute Gasteiger partial charge is 0.247 e. The van der Waals surface area contributed by atoms with Crippen molar-refractivity contribution in [3.63, 3.8) is 0 Å². The molecular weight excluding hydrogens is 280 g/mol. The zero-order chi connectivity index (χ0) is 16.1. The molecule has 0 aliphatic carbocycles. The molecule has 1 fully saturated rings. The van der Waals surface area contributed by atoms with Crippen molar-refractivity contribution in [2.45, 2.75) is 45.6 Å². The van der Waals surface area contributed by atoms with Crippen molar-refractivity contribution < 1.29 is 14.3 Å². The molecule has 1 N–H and O–H groups in total. The van der Waals surface area contributed by atoms with Crippen molar-refractivity contribution in [1.82, 2.24) is 4.90 Å². The predicted molar refractivity (Wildman–Crippen MR) is 86.0 cm³/mol. The van der Waals surface area contributed by atoms with E-state index in [0.717, 1.165) is 18.4 Å². The minimum Gasteiger partial charge on any atom is -0.491 e. The molecule has 0 saturated carbocycles. The Morgan fingerprint density at radius 2 is 2.23 bits per heavy atom. The van der Waals surface area contributed by atoms with Gasteiger partial charge >= 0.3 is 0 Å². The van der Waals surface area contributed by atoms with Crippen LogP contribution in [-0.4, -0.2) is 36.4 Å². The lowest BCUT2D eigenvalue weighted by molar-refractivity contribution is -0.140. The molecule has 5 nitrogen and oxygen atoms in total. The monoisotopic (exact) mass is 304 g/mol. The van der Waals surface area contributed by atoms with Gasteiger partial charge in [-0.25, -0.2) is 0 Å². The number of amides is 2. The molecule has 1 heterocycles. The van der Waals surface area contributed by atoms with Crippen molar-refractivity contribution in [3.8, 4) is 5.75 Å². The average Bonchev–Trinajstić information content (AvgIpc) is 2.50. The summed E-state index contributed by atoms with van der Waals surface area (Å²) in [5.41, 5.74) is 1.74. The Bertz CT molecular complexity index is 557. The summed E-state index contributed by atoms with van der Waals surface area (Å²) in [6.07, 6.45) is 2.89. The summed E-state index contributed by atoms with van der Waals surface area (Å²) in [6, 6.07) is 5.30. The van der Waals surface area contributed by atoms with Gasteiger partial charge < -0.3 is 15.0 Å². The van der Waals surface area contributed by atoms with Crippen LogP contribution in [0.1, 0.15) is 38.2 Å². The second-order valence-electron chi connectivity index (χ2n) is 5.75. The Hall–Kier alpha value is -2.04. The summed E-state index contributed by atoms with van der Waals surface area (Å²) in [7, 11) is 1.69. The molecule has 1 atom stereocenters.